The Hall–Kier alpha value is -6.88. The van der Waals surface area contributed by atoms with Crippen LogP contribution in [0.2, 0.25) is 0 Å². The maximum Gasteiger partial charge on any atom is 0.137 e. The molecule has 0 N–H and O–H groups in total. The van der Waals surface area contributed by atoms with E-state index in [9.17, 15) is 0 Å². The van der Waals surface area contributed by atoms with Crippen LogP contribution in [0.15, 0.2) is 199 Å². The quantitative estimate of drug-likeness (QED) is 0.171. The molecule has 0 bridgehead atoms. The van der Waals surface area contributed by atoms with Crippen molar-refractivity contribution in [1.29, 1.82) is 0 Å². The number of para-hydroxylation sites is 3. The highest BCUT2D eigenvalue weighted by molar-refractivity contribution is 7.27. The fourth-order valence-electron chi connectivity index (χ4n) is 8.11. The van der Waals surface area contributed by atoms with Gasteiger partial charge < -0.3 is 13.9 Å². The number of benzene rings is 8. The predicted molar refractivity (Wildman–Crippen MR) is 229 cm³/mol. The minimum Gasteiger partial charge on any atom is -0.456 e. The molecule has 11 rings (SSSR count). The van der Waals surface area contributed by atoms with E-state index in [1.54, 1.807) is 0 Å². The summed E-state index contributed by atoms with van der Waals surface area (Å²) in [6, 6.07) is 69.5. The van der Waals surface area contributed by atoms with E-state index in [0.29, 0.717) is 0 Å². The van der Waals surface area contributed by atoms with Crippen molar-refractivity contribution in [1.82, 2.24) is 4.57 Å². The van der Waals surface area contributed by atoms with Crippen LogP contribution >= 0.6 is 11.3 Å². The number of aromatic nitrogens is 1. The summed E-state index contributed by atoms with van der Waals surface area (Å²) in [4.78, 5) is 2.34. The molecule has 0 radical (unpaired) electrons. The van der Waals surface area contributed by atoms with Crippen LogP contribution in [-0.4, -0.2) is 4.57 Å². The Labute approximate surface area is 316 Å². The summed E-state index contributed by atoms with van der Waals surface area (Å²) in [5, 5.41) is 4.79. The Bertz CT molecular complexity index is 3150. The van der Waals surface area contributed by atoms with Gasteiger partial charge >= 0.3 is 0 Å². The molecule has 8 aromatic carbocycles. The van der Waals surface area contributed by atoms with E-state index in [1.165, 1.54) is 59.1 Å². The van der Waals surface area contributed by atoms with Crippen molar-refractivity contribution in [2.24, 2.45) is 0 Å². The molecule has 254 valence electrons. The van der Waals surface area contributed by atoms with Crippen LogP contribution in [0.25, 0.3) is 81.1 Å². The molecule has 3 heterocycles. The molecule has 11 aromatic rings. The standard InChI is InChI=1S/C50H32N2OS/c1-3-13-33(14-4-1)34-25-27-37(28-26-34)51(39-29-30-42-41-19-8-10-24-46(41)53-47(42)32-39)38-18-11-15-35(31-38)40-21-12-22-44-48-50(54-49(40)44)43-20-7-9-23-45(43)52(48)36-16-5-2-6-17-36/h1-32H. The largest absolute Gasteiger partial charge is 0.456 e. The molecule has 0 aliphatic heterocycles. The number of nitrogens with zero attached hydrogens (tertiary/aromatic N) is 2. The van der Waals surface area contributed by atoms with Crippen LogP contribution in [0.3, 0.4) is 0 Å². The van der Waals surface area contributed by atoms with Crippen LogP contribution in [0, 0.1) is 0 Å². The zero-order chi connectivity index (χ0) is 35.6. The number of thiophene rings is 1. The first kappa shape index (κ1) is 30.7. The van der Waals surface area contributed by atoms with Gasteiger partial charge in [-0.3, -0.25) is 0 Å². The van der Waals surface area contributed by atoms with E-state index < -0.39 is 0 Å². The van der Waals surface area contributed by atoms with Gasteiger partial charge in [0.05, 0.1) is 15.7 Å². The molecule has 3 aromatic heterocycles. The zero-order valence-corrected chi connectivity index (χ0v) is 30.0. The second-order valence-electron chi connectivity index (χ2n) is 13.7. The molecule has 0 unspecified atom stereocenters. The van der Waals surface area contributed by atoms with Gasteiger partial charge in [0.25, 0.3) is 0 Å². The first-order valence-corrected chi connectivity index (χ1v) is 19.1. The van der Waals surface area contributed by atoms with Gasteiger partial charge in [-0.2, -0.15) is 0 Å². The second-order valence-corrected chi connectivity index (χ2v) is 14.7. The van der Waals surface area contributed by atoms with E-state index >= 15 is 0 Å². The summed E-state index contributed by atoms with van der Waals surface area (Å²) in [6.07, 6.45) is 0. The van der Waals surface area contributed by atoms with Crippen LogP contribution in [0.4, 0.5) is 17.1 Å². The minimum atomic E-state index is 0.872. The third-order valence-corrected chi connectivity index (χ3v) is 11.8. The Balaban J connectivity index is 1.09. The third-order valence-electron chi connectivity index (χ3n) is 10.6. The van der Waals surface area contributed by atoms with Gasteiger partial charge in [0.2, 0.25) is 0 Å². The molecule has 54 heavy (non-hydrogen) atoms. The third kappa shape index (κ3) is 4.88. The average Bonchev–Trinajstić information content (AvgIpc) is 3.91. The van der Waals surface area contributed by atoms with E-state index in [2.05, 4.69) is 191 Å². The molecule has 0 fully saturated rings. The molecular formula is C50H32N2OS. The van der Waals surface area contributed by atoms with Crippen molar-refractivity contribution < 1.29 is 4.42 Å². The average molecular weight is 709 g/mol. The highest BCUT2D eigenvalue weighted by atomic mass is 32.1. The van der Waals surface area contributed by atoms with E-state index in [-0.39, 0.29) is 0 Å². The normalized spacial score (nSPS) is 11.7. The Morgan fingerprint density at radius 3 is 1.89 bits per heavy atom. The predicted octanol–water partition coefficient (Wildman–Crippen LogP) is 14.7. The SMILES string of the molecule is c1ccc(-c2ccc(N(c3cccc(-c4cccc5c4sc4c6ccccc6n(-c6ccccc6)c54)c3)c3ccc4c(c3)oc3ccccc34)cc2)cc1. The first-order chi connectivity index (χ1) is 26.8. The zero-order valence-electron chi connectivity index (χ0n) is 29.2. The van der Waals surface area contributed by atoms with E-state index in [1.807, 2.05) is 23.5 Å². The number of anilines is 3. The molecule has 0 amide bonds. The smallest absolute Gasteiger partial charge is 0.137 e. The fraction of sp³-hybridized carbons (Fsp3) is 0. The lowest BCUT2D eigenvalue weighted by molar-refractivity contribution is 0.669. The van der Waals surface area contributed by atoms with Crippen molar-refractivity contribution >= 4 is 81.5 Å². The lowest BCUT2D eigenvalue weighted by atomic mass is 10.0. The molecule has 3 nitrogen and oxygen atoms in total. The molecule has 0 spiro atoms. The summed E-state index contributed by atoms with van der Waals surface area (Å²) in [5.74, 6) is 0. The van der Waals surface area contributed by atoms with E-state index in [0.717, 1.165) is 39.0 Å². The lowest BCUT2D eigenvalue weighted by Gasteiger charge is -2.26. The maximum absolute atomic E-state index is 6.40. The molecular weight excluding hydrogens is 677 g/mol. The molecule has 4 heteroatoms. The molecule has 0 saturated carbocycles. The second kappa shape index (κ2) is 12.4. The van der Waals surface area contributed by atoms with Crippen LogP contribution < -0.4 is 4.90 Å². The highest BCUT2D eigenvalue weighted by Gasteiger charge is 2.21. The van der Waals surface area contributed by atoms with Crippen molar-refractivity contribution in [3.05, 3.63) is 194 Å². The summed E-state index contributed by atoms with van der Waals surface area (Å²) in [5.41, 5.74) is 13.4. The van der Waals surface area contributed by atoms with Crippen molar-refractivity contribution in [3.8, 4) is 27.9 Å². The van der Waals surface area contributed by atoms with Gasteiger partial charge in [-0.25, -0.2) is 0 Å². The topological polar surface area (TPSA) is 21.3 Å². The van der Waals surface area contributed by atoms with Gasteiger partial charge in [0.1, 0.15) is 11.2 Å². The van der Waals surface area contributed by atoms with Gasteiger partial charge in [-0.05, 0) is 82.9 Å². The van der Waals surface area contributed by atoms with Crippen molar-refractivity contribution in [2.45, 2.75) is 0 Å². The number of hydrogen-bond donors (Lipinski definition) is 0. The van der Waals surface area contributed by atoms with Crippen LogP contribution in [-0.2, 0) is 0 Å². The summed E-state index contributed by atoms with van der Waals surface area (Å²) < 4.78 is 11.4. The van der Waals surface area contributed by atoms with Gasteiger partial charge in [0.15, 0.2) is 0 Å². The first-order valence-electron chi connectivity index (χ1n) is 18.3. The Morgan fingerprint density at radius 1 is 0.407 bits per heavy atom. The van der Waals surface area contributed by atoms with Gasteiger partial charge in [-0.1, -0.05) is 127 Å². The Morgan fingerprint density at radius 2 is 1.04 bits per heavy atom. The maximum atomic E-state index is 6.40. The summed E-state index contributed by atoms with van der Waals surface area (Å²) in [6.45, 7) is 0. The molecule has 0 atom stereocenters. The number of fused-ring (bicyclic) bond motifs is 8. The van der Waals surface area contributed by atoms with Crippen LogP contribution in [0.1, 0.15) is 0 Å². The molecule has 0 aliphatic carbocycles. The van der Waals surface area contributed by atoms with E-state index in [4.69, 9.17) is 4.42 Å². The number of furan rings is 1. The Kier molecular flexibility index (Phi) is 7.04. The number of hydrogen-bond acceptors (Lipinski definition) is 3. The monoisotopic (exact) mass is 708 g/mol. The van der Waals surface area contributed by atoms with Crippen molar-refractivity contribution in [2.75, 3.05) is 4.90 Å². The minimum absolute atomic E-state index is 0.872. The van der Waals surface area contributed by atoms with Gasteiger partial charge in [-0.15, -0.1) is 11.3 Å². The van der Waals surface area contributed by atoms with Crippen molar-refractivity contribution in [3.63, 3.8) is 0 Å². The highest BCUT2D eigenvalue weighted by Crippen LogP contribution is 2.47. The molecule has 0 saturated heterocycles. The fourth-order valence-corrected chi connectivity index (χ4v) is 9.47. The molecule has 0 aliphatic rings. The summed E-state index contributed by atoms with van der Waals surface area (Å²) >= 11 is 1.89. The summed E-state index contributed by atoms with van der Waals surface area (Å²) in [7, 11) is 0. The lowest BCUT2D eigenvalue weighted by Crippen LogP contribution is -2.10. The van der Waals surface area contributed by atoms with Gasteiger partial charge in [0, 0.05) is 55.1 Å². The number of rotatable bonds is 6. The van der Waals surface area contributed by atoms with Crippen LogP contribution in [0.5, 0.6) is 0 Å².